The molecule has 0 fully saturated rings. The number of halogens is 1. The molecule has 114 valence electrons. The third-order valence-corrected chi connectivity index (χ3v) is 3.42. The summed E-state index contributed by atoms with van der Waals surface area (Å²) in [6, 6.07) is 1.51. The van der Waals surface area contributed by atoms with Crippen molar-refractivity contribution in [2.75, 3.05) is 13.7 Å². The molecule has 2 aromatic heterocycles. The number of ether oxygens (including phenoxy) is 1. The highest BCUT2D eigenvalue weighted by Gasteiger charge is 2.31. The number of carbonyl (C=O) groups is 2. The van der Waals surface area contributed by atoms with Crippen LogP contribution in [0.15, 0.2) is 18.6 Å². The number of hydrogen-bond donors (Lipinski definition) is 0. The smallest absolute Gasteiger partial charge is 0.358 e. The van der Waals surface area contributed by atoms with Crippen molar-refractivity contribution in [3.05, 3.63) is 41.5 Å². The fraction of sp³-hybridized carbons (Fsp3) is 0.286. The number of hydrogen-bond acceptors (Lipinski definition) is 5. The lowest BCUT2D eigenvalue weighted by atomic mass is 10.2. The van der Waals surface area contributed by atoms with E-state index in [9.17, 15) is 14.0 Å². The highest BCUT2D eigenvalue weighted by atomic mass is 18.2. The summed E-state index contributed by atoms with van der Waals surface area (Å²) in [7, 11) is 1.52. The van der Waals surface area contributed by atoms with Gasteiger partial charge in [0.05, 0.1) is 24.5 Å². The van der Waals surface area contributed by atoms with Gasteiger partial charge in [0.15, 0.2) is 5.69 Å². The number of amides is 1. The Morgan fingerprint density at radius 1 is 1.45 bits per heavy atom. The summed E-state index contributed by atoms with van der Waals surface area (Å²) in [5, 5.41) is 0. The Morgan fingerprint density at radius 2 is 2.23 bits per heavy atom. The van der Waals surface area contributed by atoms with E-state index in [1.54, 1.807) is 6.92 Å². The maximum absolute atomic E-state index is 14.0. The maximum atomic E-state index is 14.0. The molecule has 0 saturated carbocycles. The molecular weight excluding hydrogens is 290 g/mol. The molecule has 1 amide bonds. The maximum Gasteiger partial charge on any atom is 0.358 e. The fourth-order valence-corrected chi connectivity index (χ4v) is 2.42. The second-order valence-corrected chi connectivity index (χ2v) is 4.79. The van der Waals surface area contributed by atoms with Gasteiger partial charge in [0, 0.05) is 13.2 Å². The average molecular weight is 303 g/mol. The zero-order valence-corrected chi connectivity index (χ0v) is 12.0. The summed E-state index contributed by atoms with van der Waals surface area (Å²) in [6.07, 6.45) is 2.65. The Kier molecular flexibility index (Phi) is 3.36. The Balaban J connectivity index is 2.22. The lowest BCUT2D eigenvalue weighted by Gasteiger charge is -2.14. The van der Waals surface area contributed by atoms with Crippen molar-refractivity contribution in [2.45, 2.75) is 13.5 Å². The average Bonchev–Trinajstić information content (AvgIpc) is 2.85. The van der Waals surface area contributed by atoms with E-state index in [1.165, 1.54) is 35.1 Å². The summed E-state index contributed by atoms with van der Waals surface area (Å²) in [4.78, 5) is 33.2. The van der Waals surface area contributed by atoms with Crippen LogP contribution in [0.4, 0.5) is 4.39 Å². The molecule has 1 aliphatic rings. The predicted octanol–water partition coefficient (Wildman–Crippen LogP) is 1.17. The fourth-order valence-electron chi connectivity index (χ4n) is 2.42. The minimum atomic E-state index is -0.853. The Morgan fingerprint density at radius 3 is 2.95 bits per heavy atom. The van der Waals surface area contributed by atoms with Gasteiger partial charge >= 0.3 is 5.97 Å². The summed E-state index contributed by atoms with van der Waals surface area (Å²) >= 11 is 0. The van der Waals surface area contributed by atoms with E-state index in [0.717, 1.165) is 0 Å². The van der Waals surface area contributed by atoms with Gasteiger partial charge in [-0.05, 0) is 13.0 Å². The van der Waals surface area contributed by atoms with E-state index < -0.39 is 17.8 Å². The SMILES string of the molecule is CCOC(=O)c1ncn2c1CN(C)C(=O)c1c-2ccnc1[18F]. The van der Waals surface area contributed by atoms with E-state index in [0.29, 0.717) is 11.4 Å². The van der Waals surface area contributed by atoms with Crippen LogP contribution >= 0.6 is 0 Å². The van der Waals surface area contributed by atoms with Gasteiger partial charge in [-0.3, -0.25) is 9.36 Å². The summed E-state index contributed by atoms with van der Waals surface area (Å²) in [6.45, 7) is 2.02. The second-order valence-electron chi connectivity index (χ2n) is 4.79. The van der Waals surface area contributed by atoms with Crippen molar-refractivity contribution in [1.29, 1.82) is 0 Å². The number of nitrogens with zero attached hydrogens (tertiary/aromatic N) is 4. The molecule has 8 heteroatoms. The molecule has 0 spiro atoms. The first-order chi connectivity index (χ1) is 10.5. The molecule has 0 aliphatic carbocycles. The second kappa shape index (κ2) is 5.21. The number of aromatic nitrogens is 3. The van der Waals surface area contributed by atoms with Crippen molar-refractivity contribution < 1.29 is 18.7 Å². The molecule has 0 unspecified atom stereocenters. The molecule has 3 heterocycles. The number of esters is 1. The molecule has 0 bridgehead atoms. The normalized spacial score (nSPS) is 13.4. The van der Waals surface area contributed by atoms with Crippen LogP contribution < -0.4 is 0 Å². The molecule has 7 nitrogen and oxygen atoms in total. The molecule has 2 aromatic rings. The van der Waals surface area contributed by atoms with Gasteiger partial charge in [-0.15, -0.1) is 0 Å². The number of fused-ring (bicyclic) bond motifs is 3. The highest BCUT2D eigenvalue weighted by molar-refractivity contribution is 5.98. The van der Waals surface area contributed by atoms with E-state index in [4.69, 9.17) is 4.74 Å². The standard InChI is InChI=1S/C14H13FN4O3/c1-3-22-14(21)11-9-6-18(2)13(20)10-8(19(9)7-17-11)4-5-16-12(10)15/h4-5,7H,3,6H2,1-2H3/i15-1. The summed E-state index contributed by atoms with van der Waals surface area (Å²) < 4.78 is 20.5. The first kappa shape index (κ1) is 14.2. The minimum absolute atomic E-state index is 0.112. The van der Waals surface area contributed by atoms with Gasteiger partial charge < -0.3 is 9.64 Å². The van der Waals surface area contributed by atoms with Crippen LogP contribution in [0.3, 0.4) is 0 Å². The Bertz CT molecular complexity index is 771. The molecule has 0 aromatic carbocycles. The first-order valence-electron chi connectivity index (χ1n) is 6.68. The third kappa shape index (κ3) is 2.03. The van der Waals surface area contributed by atoms with Gasteiger partial charge in [-0.25, -0.2) is 14.8 Å². The van der Waals surface area contributed by atoms with E-state index in [2.05, 4.69) is 9.97 Å². The van der Waals surface area contributed by atoms with Crippen molar-refractivity contribution >= 4 is 11.9 Å². The molecule has 0 saturated heterocycles. The lowest BCUT2D eigenvalue weighted by Crippen LogP contribution is -2.26. The van der Waals surface area contributed by atoms with Gasteiger partial charge in [0.1, 0.15) is 11.9 Å². The number of pyridine rings is 1. The molecular formula is C14H13FN4O3. The molecule has 0 radical (unpaired) electrons. The zero-order chi connectivity index (χ0) is 15.9. The van der Waals surface area contributed by atoms with Crippen LogP contribution in [0, 0.1) is 5.95 Å². The number of rotatable bonds is 2. The third-order valence-electron chi connectivity index (χ3n) is 3.42. The van der Waals surface area contributed by atoms with Crippen molar-refractivity contribution in [3.63, 3.8) is 0 Å². The van der Waals surface area contributed by atoms with Crippen molar-refractivity contribution in [1.82, 2.24) is 19.4 Å². The van der Waals surface area contributed by atoms with Crippen molar-refractivity contribution in [3.8, 4) is 5.69 Å². The monoisotopic (exact) mass is 303 g/mol. The van der Waals surface area contributed by atoms with Crippen LogP contribution in [0.25, 0.3) is 5.69 Å². The molecule has 3 rings (SSSR count). The molecule has 0 N–H and O–H groups in total. The number of carbonyl (C=O) groups excluding carboxylic acids is 2. The minimum Gasteiger partial charge on any atom is -0.461 e. The van der Waals surface area contributed by atoms with Gasteiger partial charge in [-0.1, -0.05) is 0 Å². The predicted molar refractivity (Wildman–Crippen MR) is 73.1 cm³/mol. The van der Waals surface area contributed by atoms with Gasteiger partial charge in [0.2, 0.25) is 5.95 Å². The van der Waals surface area contributed by atoms with E-state index >= 15 is 0 Å². The van der Waals surface area contributed by atoms with Crippen LogP contribution in [0.1, 0.15) is 33.5 Å². The topological polar surface area (TPSA) is 77.3 Å². The quantitative estimate of drug-likeness (QED) is 0.615. The van der Waals surface area contributed by atoms with Gasteiger partial charge in [-0.2, -0.15) is 4.39 Å². The highest BCUT2D eigenvalue weighted by Crippen LogP contribution is 2.26. The largest absolute Gasteiger partial charge is 0.461 e. The summed E-state index contributed by atoms with van der Waals surface area (Å²) in [5.41, 5.74) is 0.752. The molecule has 0 atom stereocenters. The van der Waals surface area contributed by atoms with Crippen LogP contribution in [-0.4, -0.2) is 45.0 Å². The number of imidazole rings is 1. The lowest BCUT2D eigenvalue weighted by molar-refractivity contribution is 0.0515. The molecule has 22 heavy (non-hydrogen) atoms. The molecule has 1 aliphatic heterocycles. The Labute approximate surface area is 125 Å². The van der Waals surface area contributed by atoms with Crippen LogP contribution in [-0.2, 0) is 11.3 Å². The van der Waals surface area contributed by atoms with Crippen LogP contribution in [0.5, 0.6) is 0 Å². The Hall–Kier alpha value is -2.77. The van der Waals surface area contributed by atoms with E-state index in [-0.39, 0.29) is 24.4 Å². The first-order valence-corrected chi connectivity index (χ1v) is 6.68. The summed E-state index contributed by atoms with van der Waals surface area (Å²) in [5.74, 6) is -1.93. The van der Waals surface area contributed by atoms with Crippen LogP contribution in [0.2, 0.25) is 0 Å². The zero-order valence-electron chi connectivity index (χ0n) is 12.0. The van der Waals surface area contributed by atoms with Crippen molar-refractivity contribution in [2.24, 2.45) is 0 Å². The van der Waals surface area contributed by atoms with E-state index in [1.807, 2.05) is 0 Å². The van der Waals surface area contributed by atoms with Gasteiger partial charge in [0.25, 0.3) is 5.91 Å².